The Kier molecular flexibility index (Phi) is 3.41. The molecule has 1 aliphatic rings. The summed E-state index contributed by atoms with van der Waals surface area (Å²) in [5, 5.41) is 9.04. The van der Waals surface area contributed by atoms with E-state index < -0.39 is 0 Å². The fourth-order valence-corrected chi connectivity index (χ4v) is 2.05. The molecule has 0 aliphatic carbocycles. The molecular formula is C12H18N2O2. The number of ether oxygens (including phenoxy) is 1. The number of aliphatic hydroxyl groups excluding tert-OH is 1. The average molecular weight is 222 g/mol. The molecule has 2 heterocycles. The zero-order chi connectivity index (χ0) is 11.5. The number of rotatable bonds is 2. The van der Waals surface area contributed by atoms with Crippen LogP contribution in [0, 0.1) is 6.92 Å². The van der Waals surface area contributed by atoms with Crippen LogP contribution in [0.1, 0.15) is 18.1 Å². The number of anilines is 1. The third-order valence-electron chi connectivity index (χ3n) is 2.93. The second-order valence-electron chi connectivity index (χ2n) is 4.26. The Bertz CT molecular complexity index is 368. The molecule has 1 N–H and O–H groups in total. The third-order valence-corrected chi connectivity index (χ3v) is 2.93. The SMILES string of the molecule is Cc1cc(CO)cnc1N1CCOCC1C. The molecule has 0 radical (unpaired) electrons. The first kappa shape index (κ1) is 11.4. The van der Waals surface area contributed by atoms with E-state index in [1.54, 1.807) is 6.20 Å². The summed E-state index contributed by atoms with van der Waals surface area (Å²) in [5.41, 5.74) is 1.97. The molecule has 1 aromatic rings. The number of hydrogen-bond acceptors (Lipinski definition) is 4. The minimum Gasteiger partial charge on any atom is -0.392 e. The van der Waals surface area contributed by atoms with Gasteiger partial charge >= 0.3 is 0 Å². The van der Waals surface area contributed by atoms with Crippen LogP contribution in [0.4, 0.5) is 5.82 Å². The Morgan fingerprint density at radius 3 is 3.06 bits per heavy atom. The Morgan fingerprint density at radius 1 is 1.62 bits per heavy atom. The van der Waals surface area contributed by atoms with Crippen molar-refractivity contribution in [3.05, 3.63) is 23.4 Å². The van der Waals surface area contributed by atoms with Gasteiger partial charge in [0.25, 0.3) is 0 Å². The van der Waals surface area contributed by atoms with Crippen LogP contribution < -0.4 is 4.90 Å². The summed E-state index contributed by atoms with van der Waals surface area (Å²) in [5.74, 6) is 1.01. The quantitative estimate of drug-likeness (QED) is 0.814. The normalized spacial score (nSPS) is 21.2. The third kappa shape index (κ3) is 2.18. The van der Waals surface area contributed by atoms with Crippen molar-refractivity contribution in [1.82, 2.24) is 4.98 Å². The molecule has 4 heteroatoms. The van der Waals surface area contributed by atoms with Crippen LogP contribution in [0.2, 0.25) is 0 Å². The minimum absolute atomic E-state index is 0.0484. The molecule has 0 amide bonds. The number of hydrogen-bond donors (Lipinski definition) is 1. The average Bonchev–Trinajstić information content (AvgIpc) is 2.30. The number of aliphatic hydroxyl groups is 1. The lowest BCUT2D eigenvalue weighted by atomic mass is 10.1. The molecule has 0 spiro atoms. The first-order chi connectivity index (χ1) is 7.72. The fourth-order valence-electron chi connectivity index (χ4n) is 2.05. The number of nitrogens with zero attached hydrogens (tertiary/aromatic N) is 2. The first-order valence-electron chi connectivity index (χ1n) is 5.63. The van der Waals surface area contributed by atoms with E-state index in [1.807, 2.05) is 13.0 Å². The zero-order valence-electron chi connectivity index (χ0n) is 9.81. The van der Waals surface area contributed by atoms with Crippen molar-refractivity contribution >= 4 is 5.82 Å². The number of aromatic nitrogens is 1. The molecule has 2 rings (SSSR count). The van der Waals surface area contributed by atoms with E-state index in [-0.39, 0.29) is 6.61 Å². The van der Waals surface area contributed by atoms with E-state index in [2.05, 4.69) is 16.8 Å². The van der Waals surface area contributed by atoms with Gasteiger partial charge in [0.15, 0.2) is 0 Å². The van der Waals surface area contributed by atoms with E-state index >= 15 is 0 Å². The summed E-state index contributed by atoms with van der Waals surface area (Å²) in [6, 6.07) is 2.35. The second kappa shape index (κ2) is 4.80. The molecule has 1 saturated heterocycles. The van der Waals surface area contributed by atoms with Crippen LogP contribution in [0.15, 0.2) is 12.3 Å². The first-order valence-corrected chi connectivity index (χ1v) is 5.63. The van der Waals surface area contributed by atoms with Gasteiger partial charge in [0.2, 0.25) is 0 Å². The minimum atomic E-state index is 0.0484. The highest BCUT2D eigenvalue weighted by molar-refractivity contribution is 5.48. The van der Waals surface area contributed by atoms with E-state index in [4.69, 9.17) is 9.84 Å². The summed E-state index contributed by atoms with van der Waals surface area (Å²) in [6.07, 6.45) is 1.74. The maximum atomic E-state index is 9.04. The second-order valence-corrected chi connectivity index (χ2v) is 4.26. The molecule has 1 aromatic heterocycles. The summed E-state index contributed by atoms with van der Waals surface area (Å²) < 4.78 is 5.41. The maximum Gasteiger partial charge on any atom is 0.131 e. The van der Waals surface area contributed by atoms with Crippen molar-refractivity contribution < 1.29 is 9.84 Å². The summed E-state index contributed by atoms with van der Waals surface area (Å²) in [6.45, 7) is 6.61. The fraction of sp³-hybridized carbons (Fsp3) is 0.583. The molecule has 0 saturated carbocycles. The van der Waals surface area contributed by atoms with E-state index in [0.717, 1.165) is 36.7 Å². The zero-order valence-corrected chi connectivity index (χ0v) is 9.81. The molecule has 0 aromatic carbocycles. The van der Waals surface area contributed by atoms with Gasteiger partial charge in [0.1, 0.15) is 5.82 Å². The van der Waals surface area contributed by atoms with Crippen LogP contribution in [0.3, 0.4) is 0 Å². The van der Waals surface area contributed by atoms with Gasteiger partial charge in [-0.05, 0) is 31.0 Å². The lowest BCUT2D eigenvalue weighted by Crippen LogP contribution is -2.44. The highest BCUT2D eigenvalue weighted by atomic mass is 16.5. The number of morpholine rings is 1. The van der Waals surface area contributed by atoms with Crippen molar-refractivity contribution in [2.75, 3.05) is 24.7 Å². The lowest BCUT2D eigenvalue weighted by molar-refractivity contribution is 0.0984. The Hall–Kier alpha value is -1.13. The van der Waals surface area contributed by atoms with Crippen LogP contribution in [-0.4, -0.2) is 35.9 Å². The molecule has 1 atom stereocenters. The Balaban J connectivity index is 2.25. The van der Waals surface area contributed by atoms with Crippen molar-refractivity contribution in [3.63, 3.8) is 0 Å². The van der Waals surface area contributed by atoms with Crippen molar-refractivity contribution in [2.24, 2.45) is 0 Å². The lowest BCUT2D eigenvalue weighted by Gasteiger charge is -2.35. The van der Waals surface area contributed by atoms with Gasteiger partial charge in [-0.2, -0.15) is 0 Å². The highest BCUT2D eigenvalue weighted by Gasteiger charge is 2.21. The number of pyridine rings is 1. The Morgan fingerprint density at radius 2 is 2.44 bits per heavy atom. The molecule has 1 aliphatic heterocycles. The molecular weight excluding hydrogens is 204 g/mol. The summed E-state index contributed by atoms with van der Waals surface area (Å²) in [7, 11) is 0. The van der Waals surface area contributed by atoms with Crippen LogP contribution in [-0.2, 0) is 11.3 Å². The van der Waals surface area contributed by atoms with E-state index in [1.165, 1.54) is 0 Å². The standard InChI is InChI=1S/C12H18N2O2/c1-9-5-11(7-15)6-13-12(9)14-3-4-16-8-10(14)2/h5-6,10,15H,3-4,7-8H2,1-2H3. The van der Waals surface area contributed by atoms with Crippen molar-refractivity contribution in [3.8, 4) is 0 Å². The van der Waals surface area contributed by atoms with E-state index in [9.17, 15) is 0 Å². The largest absolute Gasteiger partial charge is 0.392 e. The predicted molar refractivity (Wildman–Crippen MR) is 62.5 cm³/mol. The topological polar surface area (TPSA) is 45.6 Å². The maximum absolute atomic E-state index is 9.04. The molecule has 0 bridgehead atoms. The van der Waals surface area contributed by atoms with Gasteiger partial charge in [0, 0.05) is 12.7 Å². The smallest absolute Gasteiger partial charge is 0.131 e. The van der Waals surface area contributed by atoms with Crippen LogP contribution in [0.25, 0.3) is 0 Å². The molecule has 88 valence electrons. The highest BCUT2D eigenvalue weighted by Crippen LogP contribution is 2.21. The van der Waals surface area contributed by atoms with Crippen LogP contribution >= 0.6 is 0 Å². The predicted octanol–water partition coefficient (Wildman–Crippen LogP) is 1.11. The monoisotopic (exact) mass is 222 g/mol. The summed E-state index contributed by atoms with van der Waals surface area (Å²) in [4.78, 5) is 6.70. The van der Waals surface area contributed by atoms with Crippen molar-refractivity contribution in [1.29, 1.82) is 0 Å². The van der Waals surface area contributed by atoms with Gasteiger partial charge in [-0.25, -0.2) is 4.98 Å². The van der Waals surface area contributed by atoms with Gasteiger partial charge in [0.05, 0.1) is 25.9 Å². The van der Waals surface area contributed by atoms with Crippen LogP contribution in [0.5, 0.6) is 0 Å². The molecule has 1 fully saturated rings. The number of aryl methyl sites for hydroxylation is 1. The molecule has 1 unspecified atom stereocenters. The van der Waals surface area contributed by atoms with Gasteiger partial charge in [-0.15, -0.1) is 0 Å². The Labute approximate surface area is 95.9 Å². The van der Waals surface area contributed by atoms with E-state index in [0.29, 0.717) is 6.04 Å². The van der Waals surface area contributed by atoms with Gasteiger partial charge < -0.3 is 14.7 Å². The molecule has 16 heavy (non-hydrogen) atoms. The van der Waals surface area contributed by atoms with Gasteiger partial charge in [-0.3, -0.25) is 0 Å². The van der Waals surface area contributed by atoms with Gasteiger partial charge in [-0.1, -0.05) is 0 Å². The van der Waals surface area contributed by atoms with Crippen molar-refractivity contribution in [2.45, 2.75) is 26.5 Å². The molecule has 4 nitrogen and oxygen atoms in total. The summed E-state index contributed by atoms with van der Waals surface area (Å²) >= 11 is 0.